The molecule has 1 atom stereocenters. The number of fused-ring (bicyclic) bond motifs is 1. The van der Waals surface area contributed by atoms with E-state index in [0.29, 0.717) is 5.56 Å². The van der Waals surface area contributed by atoms with Crippen LogP contribution < -0.4 is 4.74 Å². The van der Waals surface area contributed by atoms with Crippen molar-refractivity contribution in [1.82, 2.24) is 19.7 Å². The van der Waals surface area contributed by atoms with Crippen LogP contribution in [-0.2, 0) is 0 Å². The maximum Gasteiger partial charge on any atom is 0.254 e. The Labute approximate surface area is 186 Å². The second kappa shape index (κ2) is 8.51. The van der Waals surface area contributed by atoms with Crippen LogP contribution in [0.3, 0.4) is 0 Å². The monoisotopic (exact) mass is 434 g/mol. The van der Waals surface area contributed by atoms with Crippen LogP contribution in [0.4, 0.5) is 0 Å². The van der Waals surface area contributed by atoms with Gasteiger partial charge in [-0.15, -0.1) is 11.3 Å². The standard InChI is InChI=1S/C24H26N4O2S/c1-15(2)28-23-20(14-25-28)19(13-21(26-23)22-7-6-12-31-22)24(29)27(4)16(3)17-8-10-18(30-5)11-9-17/h6-16H,1-5H3. The van der Waals surface area contributed by atoms with E-state index >= 15 is 0 Å². The molecule has 0 N–H and O–H groups in total. The van der Waals surface area contributed by atoms with E-state index in [1.807, 2.05) is 66.5 Å². The van der Waals surface area contributed by atoms with Gasteiger partial charge in [0.25, 0.3) is 5.91 Å². The molecule has 1 amide bonds. The summed E-state index contributed by atoms with van der Waals surface area (Å²) in [6.45, 7) is 6.15. The SMILES string of the molecule is COc1ccc(C(C)N(C)C(=O)c2cc(-c3cccs3)nc3c2cnn3C(C)C)cc1. The highest BCUT2D eigenvalue weighted by Crippen LogP contribution is 2.31. The number of aromatic nitrogens is 3. The summed E-state index contributed by atoms with van der Waals surface area (Å²) >= 11 is 1.61. The van der Waals surface area contributed by atoms with Crippen molar-refractivity contribution in [3.8, 4) is 16.3 Å². The highest BCUT2D eigenvalue weighted by atomic mass is 32.1. The highest BCUT2D eigenvalue weighted by Gasteiger charge is 2.24. The number of methoxy groups -OCH3 is 1. The first-order valence-electron chi connectivity index (χ1n) is 10.2. The van der Waals surface area contributed by atoms with Crippen LogP contribution in [-0.4, -0.2) is 39.7 Å². The van der Waals surface area contributed by atoms with Crippen molar-refractivity contribution < 1.29 is 9.53 Å². The summed E-state index contributed by atoms with van der Waals surface area (Å²) in [6, 6.07) is 13.7. The molecular weight excluding hydrogens is 408 g/mol. The Morgan fingerprint density at radius 1 is 1.16 bits per heavy atom. The van der Waals surface area contributed by atoms with Gasteiger partial charge in [-0.2, -0.15) is 5.10 Å². The Kier molecular flexibility index (Phi) is 5.78. The summed E-state index contributed by atoms with van der Waals surface area (Å²) in [6.07, 6.45) is 1.75. The molecule has 1 aromatic carbocycles. The lowest BCUT2D eigenvalue weighted by Gasteiger charge is -2.26. The molecule has 0 saturated carbocycles. The molecule has 7 heteroatoms. The van der Waals surface area contributed by atoms with Crippen molar-refractivity contribution in [2.45, 2.75) is 32.9 Å². The number of amides is 1. The average molecular weight is 435 g/mol. The van der Waals surface area contributed by atoms with E-state index in [0.717, 1.165) is 32.9 Å². The molecule has 0 aliphatic rings. The zero-order chi connectivity index (χ0) is 22.1. The summed E-state index contributed by atoms with van der Waals surface area (Å²) in [5.74, 6) is 0.735. The van der Waals surface area contributed by atoms with E-state index in [1.54, 1.807) is 29.5 Å². The lowest BCUT2D eigenvalue weighted by atomic mass is 10.0. The minimum atomic E-state index is -0.105. The van der Waals surface area contributed by atoms with Crippen molar-refractivity contribution in [2.24, 2.45) is 0 Å². The average Bonchev–Trinajstić information content (AvgIpc) is 3.47. The Morgan fingerprint density at radius 2 is 1.90 bits per heavy atom. The summed E-state index contributed by atoms with van der Waals surface area (Å²) in [5.41, 5.74) is 3.18. The third-order valence-corrected chi connectivity index (χ3v) is 6.45. The van der Waals surface area contributed by atoms with Crippen molar-refractivity contribution in [3.63, 3.8) is 0 Å². The number of thiophene rings is 1. The first-order valence-corrected chi connectivity index (χ1v) is 11.1. The van der Waals surface area contributed by atoms with Crippen LogP contribution in [0.2, 0.25) is 0 Å². The zero-order valence-electron chi connectivity index (χ0n) is 18.4. The molecular formula is C24H26N4O2S. The number of ether oxygens (including phenoxy) is 1. The lowest BCUT2D eigenvalue weighted by Crippen LogP contribution is -2.30. The van der Waals surface area contributed by atoms with Crippen molar-refractivity contribution >= 4 is 28.3 Å². The fourth-order valence-electron chi connectivity index (χ4n) is 3.60. The predicted molar refractivity (Wildman–Crippen MR) is 125 cm³/mol. The third kappa shape index (κ3) is 3.93. The molecule has 0 bridgehead atoms. The number of carbonyl (C=O) groups excluding carboxylic acids is 1. The first kappa shape index (κ1) is 21.1. The quantitative estimate of drug-likeness (QED) is 0.397. The summed E-state index contributed by atoms with van der Waals surface area (Å²) in [5, 5.41) is 7.30. The minimum Gasteiger partial charge on any atom is -0.497 e. The molecule has 31 heavy (non-hydrogen) atoms. The first-order chi connectivity index (χ1) is 14.9. The van der Waals surface area contributed by atoms with Gasteiger partial charge in [0.15, 0.2) is 5.65 Å². The Hall–Kier alpha value is -3.19. The number of nitrogens with zero attached hydrogens (tertiary/aromatic N) is 4. The molecule has 3 heterocycles. The van der Waals surface area contributed by atoms with Crippen LogP contribution in [0.5, 0.6) is 5.75 Å². The van der Waals surface area contributed by atoms with E-state index in [1.165, 1.54) is 0 Å². The third-order valence-electron chi connectivity index (χ3n) is 5.56. The number of hydrogen-bond donors (Lipinski definition) is 0. The maximum absolute atomic E-state index is 13.6. The van der Waals surface area contributed by atoms with Gasteiger partial charge >= 0.3 is 0 Å². The molecule has 160 valence electrons. The molecule has 0 saturated heterocycles. The Balaban J connectivity index is 1.77. The zero-order valence-corrected chi connectivity index (χ0v) is 19.2. The van der Waals surface area contributed by atoms with Gasteiger partial charge < -0.3 is 9.64 Å². The van der Waals surface area contributed by atoms with Crippen LogP contribution in [0.25, 0.3) is 21.6 Å². The predicted octanol–water partition coefficient (Wildman–Crippen LogP) is 5.58. The molecule has 1 unspecified atom stereocenters. The van der Waals surface area contributed by atoms with Gasteiger partial charge in [-0.05, 0) is 56.0 Å². The molecule has 0 fully saturated rings. The van der Waals surface area contributed by atoms with E-state index in [9.17, 15) is 4.79 Å². The fraction of sp³-hybridized carbons (Fsp3) is 0.292. The van der Waals surface area contributed by atoms with E-state index in [4.69, 9.17) is 9.72 Å². The number of carbonyl (C=O) groups is 1. The lowest BCUT2D eigenvalue weighted by molar-refractivity contribution is 0.0744. The van der Waals surface area contributed by atoms with Crippen LogP contribution in [0.1, 0.15) is 48.8 Å². The highest BCUT2D eigenvalue weighted by molar-refractivity contribution is 7.13. The van der Waals surface area contributed by atoms with Gasteiger partial charge in [-0.25, -0.2) is 9.67 Å². The molecule has 0 radical (unpaired) electrons. The van der Waals surface area contributed by atoms with Crippen LogP contribution >= 0.6 is 11.3 Å². The fourth-order valence-corrected chi connectivity index (χ4v) is 4.28. The van der Waals surface area contributed by atoms with Gasteiger partial charge in [-0.1, -0.05) is 18.2 Å². The van der Waals surface area contributed by atoms with Gasteiger partial charge in [0.05, 0.1) is 40.9 Å². The Morgan fingerprint density at radius 3 is 2.52 bits per heavy atom. The van der Waals surface area contributed by atoms with E-state index < -0.39 is 0 Å². The second-order valence-corrected chi connectivity index (χ2v) is 8.77. The largest absolute Gasteiger partial charge is 0.497 e. The van der Waals surface area contributed by atoms with Crippen molar-refractivity contribution in [3.05, 3.63) is 65.2 Å². The molecule has 6 nitrogen and oxygen atoms in total. The molecule has 0 spiro atoms. The molecule has 0 aliphatic carbocycles. The number of hydrogen-bond acceptors (Lipinski definition) is 5. The van der Waals surface area contributed by atoms with Gasteiger partial charge in [-0.3, -0.25) is 4.79 Å². The van der Waals surface area contributed by atoms with Crippen molar-refractivity contribution in [1.29, 1.82) is 0 Å². The van der Waals surface area contributed by atoms with Gasteiger partial charge in [0.1, 0.15) is 5.75 Å². The summed E-state index contributed by atoms with van der Waals surface area (Å²) < 4.78 is 7.12. The number of benzene rings is 1. The number of rotatable bonds is 6. The van der Waals surface area contributed by atoms with Crippen molar-refractivity contribution in [2.75, 3.05) is 14.2 Å². The van der Waals surface area contributed by atoms with Crippen LogP contribution in [0.15, 0.2) is 54.0 Å². The van der Waals surface area contributed by atoms with E-state index in [-0.39, 0.29) is 18.0 Å². The maximum atomic E-state index is 13.6. The van der Waals surface area contributed by atoms with Gasteiger partial charge in [0, 0.05) is 13.1 Å². The van der Waals surface area contributed by atoms with Crippen LogP contribution in [0, 0.1) is 0 Å². The molecule has 0 aliphatic heterocycles. The molecule has 3 aromatic heterocycles. The summed E-state index contributed by atoms with van der Waals surface area (Å²) in [7, 11) is 3.48. The second-order valence-electron chi connectivity index (χ2n) is 7.82. The number of pyridine rings is 1. The summed E-state index contributed by atoms with van der Waals surface area (Å²) in [4.78, 5) is 21.3. The smallest absolute Gasteiger partial charge is 0.254 e. The topological polar surface area (TPSA) is 60.2 Å². The normalized spacial score (nSPS) is 12.3. The minimum absolute atomic E-state index is 0.0585. The molecule has 4 aromatic rings. The van der Waals surface area contributed by atoms with E-state index in [2.05, 4.69) is 18.9 Å². The Bertz CT molecular complexity index is 1200. The van der Waals surface area contributed by atoms with Gasteiger partial charge in [0.2, 0.25) is 0 Å². The molecule has 4 rings (SSSR count).